The molecule has 0 heterocycles. The summed E-state index contributed by atoms with van der Waals surface area (Å²) in [5.74, 6) is -0.663. The van der Waals surface area contributed by atoms with E-state index in [4.69, 9.17) is 11.6 Å². The van der Waals surface area contributed by atoms with Crippen LogP contribution in [0.4, 0.5) is 0 Å². The van der Waals surface area contributed by atoms with Crippen LogP contribution in [0, 0.1) is 6.92 Å². The van der Waals surface area contributed by atoms with E-state index in [0.29, 0.717) is 5.02 Å². The Balaban J connectivity index is 3.22. The zero-order chi connectivity index (χ0) is 9.84. The van der Waals surface area contributed by atoms with E-state index in [0.717, 1.165) is 5.56 Å². The van der Waals surface area contributed by atoms with E-state index < -0.39 is 5.91 Å². The Morgan fingerprint density at radius 2 is 2.23 bits per heavy atom. The summed E-state index contributed by atoms with van der Waals surface area (Å²) >= 11 is 5.81. The molecule has 4 heteroatoms. The third-order valence-corrected chi connectivity index (χ3v) is 2.07. The van der Waals surface area contributed by atoms with Crippen molar-refractivity contribution in [1.82, 2.24) is 0 Å². The molecule has 0 spiro atoms. The maximum absolute atomic E-state index is 11.1. The Morgan fingerprint density at radius 3 is 2.85 bits per heavy atom. The Bertz CT molecular complexity index is 395. The fraction of sp³-hybridized carbons (Fsp3) is 0.111. The average Bonchev–Trinajstić information content (AvgIpc) is 2.10. The van der Waals surface area contributed by atoms with Gasteiger partial charge in [-0.3, -0.25) is 4.79 Å². The summed E-state index contributed by atoms with van der Waals surface area (Å²) in [6, 6.07) is 4.96. The van der Waals surface area contributed by atoms with Crippen LogP contribution in [0.15, 0.2) is 23.2 Å². The van der Waals surface area contributed by atoms with Crippen LogP contribution in [0.3, 0.4) is 0 Å². The number of benzene rings is 1. The van der Waals surface area contributed by atoms with Crippen LogP contribution in [0.5, 0.6) is 0 Å². The SMILES string of the molecule is Cc1cccc(C(=O)N=C=O)c1Cl. The number of carbonyl (C=O) groups excluding carboxylic acids is 2. The molecule has 1 aromatic carbocycles. The van der Waals surface area contributed by atoms with Gasteiger partial charge in [0.1, 0.15) is 0 Å². The molecule has 0 unspecified atom stereocenters. The highest BCUT2D eigenvalue weighted by Crippen LogP contribution is 2.20. The minimum atomic E-state index is -0.663. The highest BCUT2D eigenvalue weighted by atomic mass is 35.5. The third kappa shape index (κ3) is 2.02. The topological polar surface area (TPSA) is 46.5 Å². The van der Waals surface area contributed by atoms with Crippen molar-refractivity contribution in [2.75, 3.05) is 0 Å². The first-order valence-corrected chi connectivity index (χ1v) is 3.92. The molecule has 66 valence electrons. The maximum atomic E-state index is 11.1. The summed E-state index contributed by atoms with van der Waals surface area (Å²) < 4.78 is 0. The number of hydrogen-bond acceptors (Lipinski definition) is 2. The maximum Gasteiger partial charge on any atom is 0.289 e. The van der Waals surface area contributed by atoms with E-state index in [1.54, 1.807) is 19.1 Å². The van der Waals surface area contributed by atoms with Crippen LogP contribution in [0.1, 0.15) is 15.9 Å². The first-order valence-electron chi connectivity index (χ1n) is 3.54. The molecule has 1 amide bonds. The molecule has 1 rings (SSSR count). The zero-order valence-electron chi connectivity index (χ0n) is 6.87. The molecule has 0 saturated carbocycles. The fourth-order valence-electron chi connectivity index (χ4n) is 0.914. The standard InChI is InChI=1S/C9H6ClNO2/c1-6-3-2-4-7(8(6)10)9(13)11-5-12/h2-4H,1H3. The molecule has 0 fully saturated rings. The number of aliphatic imine (C=N–C) groups is 1. The summed E-state index contributed by atoms with van der Waals surface area (Å²) in [5, 5.41) is 0.325. The second-order valence-electron chi connectivity index (χ2n) is 2.44. The number of aryl methyl sites for hydroxylation is 1. The van der Waals surface area contributed by atoms with Crippen molar-refractivity contribution in [3.63, 3.8) is 0 Å². The molecule has 3 nitrogen and oxygen atoms in total. The molecule has 0 aliphatic carbocycles. The van der Waals surface area contributed by atoms with Gasteiger partial charge in [-0.1, -0.05) is 23.7 Å². The number of isocyanates is 1. The second kappa shape index (κ2) is 3.99. The first-order chi connectivity index (χ1) is 6.16. The molecule has 0 bridgehead atoms. The number of hydrogen-bond donors (Lipinski definition) is 0. The molecule has 13 heavy (non-hydrogen) atoms. The quantitative estimate of drug-likeness (QED) is 0.509. The summed E-state index contributed by atoms with van der Waals surface area (Å²) in [6.45, 7) is 1.77. The van der Waals surface area contributed by atoms with Gasteiger partial charge in [0.05, 0.1) is 10.6 Å². The van der Waals surface area contributed by atoms with Crippen LogP contribution in [-0.2, 0) is 4.79 Å². The van der Waals surface area contributed by atoms with Crippen molar-refractivity contribution in [2.45, 2.75) is 6.92 Å². The van der Waals surface area contributed by atoms with Crippen LogP contribution in [0.25, 0.3) is 0 Å². The lowest BCUT2D eigenvalue weighted by atomic mass is 10.1. The molecular weight excluding hydrogens is 190 g/mol. The van der Waals surface area contributed by atoms with Crippen LogP contribution >= 0.6 is 11.6 Å². The zero-order valence-corrected chi connectivity index (χ0v) is 7.63. The average molecular weight is 196 g/mol. The molecule has 0 aliphatic rings. The molecular formula is C9H6ClNO2. The lowest BCUT2D eigenvalue weighted by Gasteiger charge is -2.00. The number of rotatable bonds is 1. The third-order valence-electron chi connectivity index (χ3n) is 1.57. The molecule has 0 N–H and O–H groups in total. The van der Waals surface area contributed by atoms with E-state index in [1.807, 2.05) is 0 Å². The van der Waals surface area contributed by atoms with Crippen molar-refractivity contribution < 1.29 is 9.59 Å². The molecule has 0 aliphatic heterocycles. The molecule has 0 saturated heterocycles. The van der Waals surface area contributed by atoms with Gasteiger partial charge >= 0.3 is 0 Å². The van der Waals surface area contributed by atoms with E-state index in [2.05, 4.69) is 4.99 Å². The largest absolute Gasteiger partial charge is 0.289 e. The number of carbonyl (C=O) groups is 1. The van der Waals surface area contributed by atoms with Gasteiger partial charge in [0, 0.05) is 0 Å². The Morgan fingerprint density at radius 1 is 1.54 bits per heavy atom. The molecule has 0 aromatic heterocycles. The Hall–Kier alpha value is -1.44. The van der Waals surface area contributed by atoms with Crippen LogP contribution < -0.4 is 0 Å². The van der Waals surface area contributed by atoms with E-state index in [-0.39, 0.29) is 5.56 Å². The van der Waals surface area contributed by atoms with Gasteiger partial charge in [-0.25, -0.2) is 4.79 Å². The van der Waals surface area contributed by atoms with Crippen LogP contribution in [-0.4, -0.2) is 12.0 Å². The van der Waals surface area contributed by atoms with Gasteiger partial charge in [-0.2, -0.15) is 0 Å². The summed E-state index contributed by atoms with van der Waals surface area (Å²) in [4.78, 5) is 23.9. The van der Waals surface area contributed by atoms with E-state index in [9.17, 15) is 9.59 Å². The van der Waals surface area contributed by atoms with Crippen molar-refractivity contribution in [2.24, 2.45) is 4.99 Å². The molecule has 1 aromatic rings. The van der Waals surface area contributed by atoms with Crippen molar-refractivity contribution in [1.29, 1.82) is 0 Å². The lowest BCUT2D eigenvalue weighted by Crippen LogP contribution is -1.96. The predicted octanol–water partition coefficient (Wildman–Crippen LogP) is 2.12. The van der Waals surface area contributed by atoms with E-state index in [1.165, 1.54) is 12.1 Å². The fourth-order valence-corrected chi connectivity index (χ4v) is 1.12. The van der Waals surface area contributed by atoms with Crippen LogP contribution in [0.2, 0.25) is 5.02 Å². The van der Waals surface area contributed by atoms with Gasteiger partial charge < -0.3 is 0 Å². The molecule has 0 radical (unpaired) electrons. The number of nitrogens with zero attached hydrogens (tertiary/aromatic N) is 1. The highest BCUT2D eigenvalue weighted by molar-refractivity contribution is 6.34. The first kappa shape index (κ1) is 9.65. The molecule has 0 atom stereocenters. The Labute approximate surface area is 80.0 Å². The summed E-state index contributed by atoms with van der Waals surface area (Å²) in [7, 11) is 0. The highest BCUT2D eigenvalue weighted by Gasteiger charge is 2.09. The van der Waals surface area contributed by atoms with Crippen molar-refractivity contribution >= 4 is 23.6 Å². The number of halogens is 1. The lowest BCUT2D eigenvalue weighted by molar-refractivity contribution is 0.100. The normalized spacial score (nSPS) is 9.08. The summed E-state index contributed by atoms with van der Waals surface area (Å²) in [6.07, 6.45) is 1.18. The monoisotopic (exact) mass is 195 g/mol. The minimum Gasteiger partial charge on any atom is -0.266 e. The van der Waals surface area contributed by atoms with Crippen molar-refractivity contribution in [3.8, 4) is 0 Å². The van der Waals surface area contributed by atoms with Gasteiger partial charge in [-0.05, 0) is 18.6 Å². The van der Waals surface area contributed by atoms with Gasteiger partial charge in [-0.15, -0.1) is 4.99 Å². The minimum absolute atomic E-state index is 0.227. The number of amides is 1. The van der Waals surface area contributed by atoms with E-state index >= 15 is 0 Å². The second-order valence-corrected chi connectivity index (χ2v) is 2.82. The van der Waals surface area contributed by atoms with Crippen molar-refractivity contribution in [3.05, 3.63) is 34.3 Å². The summed E-state index contributed by atoms with van der Waals surface area (Å²) in [5.41, 5.74) is 0.999. The van der Waals surface area contributed by atoms with Gasteiger partial charge in [0.15, 0.2) is 0 Å². The van der Waals surface area contributed by atoms with Gasteiger partial charge in [0.25, 0.3) is 5.91 Å². The predicted molar refractivity (Wildman–Crippen MR) is 48.6 cm³/mol. The Kier molecular flexibility index (Phi) is 2.96. The van der Waals surface area contributed by atoms with Gasteiger partial charge in [0.2, 0.25) is 6.08 Å². The smallest absolute Gasteiger partial charge is 0.266 e.